The first-order valence-electron chi connectivity index (χ1n) is 5.05. The van der Waals surface area contributed by atoms with Crippen molar-refractivity contribution in [2.24, 2.45) is 5.92 Å². The maximum absolute atomic E-state index is 3.34. The van der Waals surface area contributed by atoms with E-state index in [9.17, 15) is 0 Å². The molecule has 0 aromatic heterocycles. The minimum atomic E-state index is 0. The molecular formula is C14H20Cl2Zr. The second kappa shape index (κ2) is 14.4. The maximum atomic E-state index is 3.34. The van der Waals surface area contributed by atoms with Crippen LogP contribution in [0.1, 0.15) is 27.2 Å². The quantitative estimate of drug-likeness (QED) is 0.567. The molecule has 0 aromatic rings. The summed E-state index contributed by atoms with van der Waals surface area (Å²) >= 11 is 1.30. The van der Waals surface area contributed by atoms with E-state index in [1.165, 1.54) is 35.4 Å². The van der Waals surface area contributed by atoms with E-state index in [1.807, 2.05) is 6.08 Å². The van der Waals surface area contributed by atoms with Gasteiger partial charge in [-0.25, -0.2) is 23.3 Å². The normalized spacial score (nSPS) is 18.5. The molecule has 0 saturated heterocycles. The Morgan fingerprint density at radius 1 is 1.29 bits per heavy atom. The minimum absolute atomic E-state index is 0. The predicted molar refractivity (Wildman–Crippen MR) is 78.5 cm³/mol. The van der Waals surface area contributed by atoms with Gasteiger partial charge in [0.2, 0.25) is 0 Å². The molecular weight excluding hydrogens is 330 g/mol. The molecule has 1 unspecified atom stereocenters. The number of hydrogen-bond acceptors (Lipinski definition) is 0. The number of halogens is 2. The van der Waals surface area contributed by atoms with Gasteiger partial charge >= 0.3 is 28.4 Å². The Morgan fingerprint density at radius 2 is 1.88 bits per heavy atom. The monoisotopic (exact) mass is 348 g/mol. The van der Waals surface area contributed by atoms with Crippen LogP contribution in [0.4, 0.5) is 0 Å². The van der Waals surface area contributed by atoms with Crippen LogP contribution in [0.15, 0.2) is 35.5 Å². The van der Waals surface area contributed by atoms with Gasteiger partial charge in [-0.3, -0.25) is 12.2 Å². The Balaban J connectivity index is -0.000000184. The van der Waals surface area contributed by atoms with Gasteiger partial charge in [0, 0.05) is 0 Å². The standard InChI is InChI=1S/C7H9.C6H7.CH2.2ClH.Zr/c1-6-3-4-7(2)5-6;1-6-4-2-3-5-6;;;;/h3-4,6H,1-2H3;4-5H,2H2,1H3;1H2;2*1H;/q2*-1;;;;+2. The molecule has 0 amide bonds. The van der Waals surface area contributed by atoms with Crippen molar-refractivity contribution < 1.29 is 24.2 Å². The van der Waals surface area contributed by atoms with Gasteiger partial charge in [-0.1, -0.05) is 19.8 Å². The Hall–Kier alpha value is 0.293. The van der Waals surface area contributed by atoms with Gasteiger partial charge in [0.25, 0.3) is 0 Å². The SMILES string of the molecule is CC1=CC[C-]=C1.CC1=[C-]C(C)C=C1.Cl.Cl.[CH2]=[Zr+2]. The van der Waals surface area contributed by atoms with Gasteiger partial charge in [0.05, 0.1) is 0 Å². The number of allylic oxidation sites excluding steroid dienone is 8. The molecule has 0 spiro atoms. The second-order valence-electron chi connectivity index (χ2n) is 3.48. The van der Waals surface area contributed by atoms with Gasteiger partial charge < -0.3 is 0 Å². The third-order valence-electron chi connectivity index (χ3n) is 1.96. The van der Waals surface area contributed by atoms with E-state index < -0.39 is 0 Å². The molecule has 17 heavy (non-hydrogen) atoms. The first kappa shape index (κ1) is 22.5. The van der Waals surface area contributed by atoms with E-state index in [0.29, 0.717) is 5.92 Å². The molecule has 0 aromatic carbocycles. The third-order valence-corrected chi connectivity index (χ3v) is 1.96. The van der Waals surface area contributed by atoms with E-state index in [4.69, 9.17) is 0 Å². The van der Waals surface area contributed by atoms with Crippen molar-refractivity contribution in [3.63, 3.8) is 0 Å². The summed E-state index contributed by atoms with van der Waals surface area (Å²) in [6.45, 7) is 6.28. The van der Waals surface area contributed by atoms with Gasteiger partial charge in [-0.2, -0.15) is 12.2 Å². The molecule has 2 rings (SSSR count). The van der Waals surface area contributed by atoms with E-state index in [1.54, 1.807) is 0 Å². The second-order valence-corrected chi connectivity index (χ2v) is 3.48. The average molecular weight is 350 g/mol. The average Bonchev–Trinajstić information content (AvgIpc) is 2.82. The molecule has 0 aliphatic heterocycles. The topological polar surface area (TPSA) is 0 Å². The van der Waals surface area contributed by atoms with Gasteiger partial charge in [0.1, 0.15) is 0 Å². The van der Waals surface area contributed by atoms with Gasteiger partial charge in [-0.15, -0.1) is 38.2 Å². The fraction of sp³-hybridized carbons (Fsp3) is 0.357. The van der Waals surface area contributed by atoms with Crippen molar-refractivity contribution in [2.75, 3.05) is 0 Å². The van der Waals surface area contributed by atoms with Crippen LogP contribution in [0.2, 0.25) is 0 Å². The van der Waals surface area contributed by atoms with Crippen molar-refractivity contribution in [3.05, 3.63) is 47.6 Å². The van der Waals surface area contributed by atoms with Crippen LogP contribution in [0, 0.1) is 18.1 Å². The van der Waals surface area contributed by atoms with Crippen molar-refractivity contribution in [1.29, 1.82) is 0 Å². The van der Waals surface area contributed by atoms with Crippen LogP contribution in [-0.4, -0.2) is 4.21 Å². The molecule has 2 aliphatic rings. The van der Waals surface area contributed by atoms with E-state index in [0.717, 1.165) is 6.42 Å². The fourth-order valence-electron chi connectivity index (χ4n) is 1.24. The summed E-state index contributed by atoms with van der Waals surface area (Å²) in [6.07, 6.45) is 15.7. The van der Waals surface area contributed by atoms with Crippen molar-refractivity contribution >= 4 is 29.0 Å². The van der Waals surface area contributed by atoms with Crippen LogP contribution >= 0.6 is 24.8 Å². The molecule has 0 heterocycles. The van der Waals surface area contributed by atoms with E-state index >= 15 is 0 Å². The zero-order valence-corrected chi connectivity index (χ0v) is 14.7. The number of rotatable bonds is 0. The molecule has 0 N–H and O–H groups in total. The Kier molecular flexibility index (Phi) is 19.0. The molecule has 0 bridgehead atoms. The Bertz CT molecular complexity index is 299. The Morgan fingerprint density at radius 3 is 2.00 bits per heavy atom. The summed E-state index contributed by atoms with van der Waals surface area (Å²) in [6, 6.07) is 0. The van der Waals surface area contributed by atoms with Crippen molar-refractivity contribution in [1.82, 2.24) is 0 Å². The van der Waals surface area contributed by atoms with Gasteiger partial charge in [0.15, 0.2) is 0 Å². The van der Waals surface area contributed by atoms with Crippen LogP contribution in [0.5, 0.6) is 0 Å². The van der Waals surface area contributed by atoms with Crippen LogP contribution in [0.25, 0.3) is 0 Å². The molecule has 2 aliphatic carbocycles. The van der Waals surface area contributed by atoms with Crippen LogP contribution in [0.3, 0.4) is 0 Å². The zero-order valence-electron chi connectivity index (χ0n) is 10.6. The summed E-state index contributed by atoms with van der Waals surface area (Å²) in [5, 5.41) is 0. The first-order chi connectivity index (χ1) is 7.18. The summed E-state index contributed by atoms with van der Waals surface area (Å²) in [5.74, 6) is 0.556. The van der Waals surface area contributed by atoms with Gasteiger partial charge in [-0.05, 0) is 0 Å². The molecule has 1 atom stereocenters. The van der Waals surface area contributed by atoms with Crippen molar-refractivity contribution in [2.45, 2.75) is 27.2 Å². The fourth-order valence-corrected chi connectivity index (χ4v) is 1.24. The molecule has 0 fully saturated rings. The van der Waals surface area contributed by atoms with Crippen LogP contribution in [-0.2, 0) is 24.2 Å². The molecule has 94 valence electrons. The molecule has 0 nitrogen and oxygen atoms in total. The summed E-state index contributed by atoms with van der Waals surface area (Å²) in [5.41, 5.74) is 2.61. The van der Waals surface area contributed by atoms with Crippen molar-refractivity contribution in [3.8, 4) is 0 Å². The van der Waals surface area contributed by atoms with E-state index in [2.05, 4.69) is 55.4 Å². The van der Waals surface area contributed by atoms with E-state index in [-0.39, 0.29) is 24.8 Å². The summed E-state index contributed by atoms with van der Waals surface area (Å²) < 4.78 is 3.34. The summed E-state index contributed by atoms with van der Waals surface area (Å²) in [4.78, 5) is 0. The predicted octanol–water partition coefficient (Wildman–Crippen LogP) is 4.45. The summed E-state index contributed by atoms with van der Waals surface area (Å²) in [7, 11) is 0. The number of hydrogen-bond donors (Lipinski definition) is 0. The molecule has 3 heteroatoms. The molecule has 0 saturated carbocycles. The molecule has 0 radical (unpaired) electrons. The third kappa shape index (κ3) is 12.5. The Labute approximate surface area is 133 Å². The van der Waals surface area contributed by atoms with Crippen LogP contribution < -0.4 is 0 Å². The zero-order chi connectivity index (χ0) is 11.7. The first-order valence-corrected chi connectivity index (χ1v) is 6.79.